The molecule has 0 spiro atoms. The van der Waals surface area contributed by atoms with Crippen LogP contribution in [0.15, 0.2) is 66.7 Å². The van der Waals surface area contributed by atoms with Crippen LogP contribution in [0, 0.1) is 0 Å². The Bertz CT molecular complexity index is 906. The molecule has 3 aromatic rings. The molecule has 0 aromatic heterocycles. The Kier molecular flexibility index (Phi) is 11.2. The van der Waals surface area contributed by atoms with Crippen LogP contribution >= 0.6 is 7.92 Å². The molecule has 3 aromatic carbocycles. The van der Waals surface area contributed by atoms with E-state index in [4.69, 9.17) is 18.9 Å². The Morgan fingerprint density at radius 1 is 0.457 bits per heavy atom. The Hall–Kier alpha value is -2.71. The summed E-state index contributed by atoms with van der Waals surface area (Å²) in [4.78, 5) is 0. The van der Waals surface area contributed by atoms with Crippen LogP contribution in [0.3, 0.4) is 0 Å². The lowest BCUT2D eigenvalue weighted by atomic mass is 10.3. The average Bonchev–Trinajstić information content (AvgIpc) is 2.90. The fourth-order valence-electron chi connectivity index (χ4n) is 3.71. The lowest BCUT2D eigenvalue weighted by molar-refractivity contribution is 0.305. The van der Waals surface area contributed by atoms with Crippen LogP contribution in [-0.4, -0.2) is 26.4 Å². The molecule has 0 saturated carbocycles. The topological polar surface area (TPSA) is 36.9 Å². The molecule has 0 aliphatic carbocycles. The van der Waals surface area contributed by atoms with Crippen LogP contribution in [0.25, 0.3) is 0 Å². The standard InChI is InChI=1S/C30H39O4P/c1-5-20-31-25-16-12-17-26(32-21-6-2)29(25)35(24-14-10-9-11-15-24)30-27(33-22-7-3)18-13-19-28(30)34-23-8-4/h9-19H,5-8,20-23H2,1-4H3. The molecule has 0 fully saturated rings. The summed E-state index contributed by atoms with van der Waals surface area (Å²) in [5.74, 6) is 3.45. The Balaban J connectivity index is 2.31. The fraction of sp³-hybridized carbons (Fsp3) is 0.400. The third-order valence-electron chi connectivity index (χ3n) is 5.23. The quantitative estimate of drug-likeness (QED) is 0.223. The summed E-state index contributed by atoms with van der Waals surface area (Å²) in [7, 11) is -1.10. The van der Waals surface area contributed by atoms with Gasteiger partial charge in [0, 0.05) is 7.92 Å². The van der Waals surface area contributed by atoms with Crippen molar-refractivity contribution in [3.05, 3.63) is 66.7 Å². The maximum absolute atomic E-state index is 6.33. The molecule has 5 heteroatoms. The van der Waals surface area contributed by atoms with Gasteiger partial charge in [-0.3, -0.25) is 0 Å². The monoisotopic (exact) mass is 494 g/mol. The zero-order valence-electron chi connectivity index (χ0n) is 21.6. The highest BCUT2D eigenvalue weighted by molar-refractivity contribution is 7.80. The largest absolute Gasteiger partial charge is 0.493 e. The first-order valence-corrected chi connectivity index (χ1v) is 14.2. The van der Waals surface area contributed by atoms with E-state index in [0.717, 1.165) is 59.3 Å². The average molecular weight is 495 g/mol. The van der Waals surface area contributed by atoms with E-state index in [9.17, 15) is 0 Å². The van der Waals surface area contributed by atoms with Crippen LogP contribution in [0.4, 0.5) is 0 Å². The molecule has 0 unspecified atom stereocenters. The third kappa shape index (κ3) is 7.15. The highest BCUT2D eigenvalue weighted by atomic mass is 31.1. The van der Waals surface area contributed by atoms with Gasteiger partial charge in [-0.2, -0.15) is 0 Å². The molecule has 0 bridgehead atoms. The van der Waals surface area contributed by atoms with Crippen LogP contribution in [-0.2, 0) is 0 Å². The normalized spacial score (nSPS) is 10.9. The van der Waals surface area contributed by atoms with E-state index in [1.54, 1.807) is 0 Å². The van der Waals surface area contributed by atoms with Crippen molar-refractivity contribution in [3.63, 3.8) is 0 Å². The second-order valence-corrected chi connectivity index (χ2v) is 10.4. The summed E-state index contributed by atoms with van der Waals surface area (Å²) in [5, 5.41) is 3.35. The molecule has 0 N–H and O–H groups in total. The van der Waals surface area contributed by atoms with E-state index >= 15 is 0 Å². The van der Waals surface area contributed by atoms with Crippen LogP contribution in [0.5, 0.6) is 23.0 Å². The van der Waals surface area contributed by atoms with Gasteiger partial charge in [-0.05, 0) is 55.3 Å². The number of benzene rings is 3. The molecule has 188 valence electrons. The van der Waals surface area contributed by atoms with Gasteiger partial charge in [0.2, 0.25) is 0 Å². The maximum Gasteiger partial charge on any atom is 0.131 e. The summed E-state index contributed by atoms with van der Waals surface area (Å²) in [6, 6.07) is 22.9. The van der Waals surface area contributed by atoms with Crippen LogP contribution in [0.2, 0.25) is 0 Å². The molecule has 0 aliphatic rings. The second kappa shape index (κ2) is 14.6. The highest BCUT2D eigenvalue weighted by Crippen LogP contribution is 2.45. The van der Waals surface area contributed by atoms with Crippen molar-refractivity contribution in [2.45, 2.75) is 53.4 Å². The van der Waals surface area contributed by atoms with Crippen molar-refractivity contribution in [2.24, 2.45) is 0 Å². The van der Waals surface area contributed by atoms with Gasteiger partial charge in [0.15, 0.2) is 0 Å². The molecule has 35 heavy (non-hydrogen) atoms. The first kappa shape index (κ1) is 26.9. The molecule has 0 amide bonds. The lowest BCUT2D eigenvalue weighted by Gasteiger charge is -2.28. The summed E-state index contributed by atoms with van der Waals surface area (Å²) >= 11 is 0. The van der Waals surface area contributed by atoms with Gasteiger partial charge in [0.1, 0.15) is 23.0 Å². The predicted octanol–water partition coefficient (Wildman–Crippen LogP) is 6.60. The zero-order valence-corrected chi connectivity index (χ0v) is 22.5. The second-order valence-electron chi connectivity index (χ2n) is 8.27. The van der Waals surface area contributed by atoms with Crippen LogP contribution < -0.4 is 34.9 Å². The number of ether oxygens (including phenoxy) is 4. The number of hydrogen-bond donors (Lipinski definition) is 0. The summed E-state index contributed by atoms with van der Waals surface area (Å²) in [6.45, 7) is 11.1. The first-order valence-electron chi connectivity index (χ1n) is 12.9. The van der Waals surface area contributed by atoms with E-state index in [1.807, 2.05) is 12.1 Å². The van der Waals surface area contributed by atoms with Gasteiger partial charge >= 0.3 is 0 Å². The van der Waals surface area contributed by atoms with Crippen molar-refractivity contribution in [1.82, 2.24) is 0 Å². The minimum atomic E-state index is -1.10. The first-order chi connectivity index (χ1) is 17.2. The fourth-order valence-corrected chi connectivity index (χ4v) is 6.35. The number of hydrogen-bond acceptors (Lipinski definition) is 4. The summed E-state index contributed by atoms with van der Waals surface area (Å²) in [6.07, 6.45) is 3.74. The molecule has 3 rings (SSSR count). The Morgan fingerprint density at radius 2 is 0.800 bits per heavy atom. The zero-order chi connectivity index (χ0) is 24.9. The van der Waals surface area contributed by atoms with Gasteiger partial charge < -0.3 is 18.9 Å². The summed E-state index contributed by atoms with van der Waals surface area (Å²) < 4.78 is 25.3. The van der Waals surface area contributed by atoms with E-state index < -0.39 is 7.92 Å². The molecular formula is C30H39O4P. The van der Waals surface area contributed by atoms with Crippen molar-refractivity contribution in [3.8, 4) is 23.0 Å². The van der Waals surface area contributed by atoms with Crippen molar-refractivity contribution < 1.29 is 18.9 Å². The molecule has 0 saturated heterocycles. The van der Waals surface area contributed by atoms with Gasteiger partial charge in [-0.15, -0.1) is 0 Å². The molecule has 0 aliphatic heterocycles. The van der Waals surface area contributed by atoms with Gasteiger partial charge in [-0.25, -0.2) is 0 Å². The molecule has 0 radical (unpaired) electrons. The van der Waals surface area contributed by atoms with Gasteiger partial charge in [0.05, 0.1) is 37.0 Å². The number of rotatable bonds is 15. The SMILES string of the molecule is CCCOc1cccc(OCCC)c1P(c1ccccc1)c1c(OCCC)cccc1OCCC. The predicted molar refractivity (Wildman–Crippen MR) is 148 cm³/mol. The molecular weight excluding hydrogens is 455 g/mol. The highest BCUT2D eigenvalue weighted by Gasteiger charge is 2.30. The molecule has 0 heterocycles. The van der Waals surface area contributed by atoms with Gasteiger partial charge in [0.25, 0.3) is 0 Å². The Labute approximate surface area is 212 Å². The van der Waals surface area contributed by atoms with Crippen LogP contribution in [0.1, 0.15) is 53.4 Å². The van der Waals surface area contributed by atoms with E-state index in [0.29, 0.717) is 26.4 Å². The smallest absolute Gasteiger partial charge is 0.131 e. The molecule has 4 nitrogen and oxygen atoms in total. The third-order valence-corrected chi connectivity index (χ3v) is 7.82. The van der Waals surface area contributed by atoms with Gasteiger partial charge in [-0.1, -0.05) is 70.2 Å². The van der Waals surface area contributed by atoms with E-state index in [1.165, 1.54) is 5.30 Å². The van der Waals surface area contributed by atoms with Crippen molar-refractivity contribution in [1.29, 1.82) is 0 Å². The lowest BCUT2D eigenvalue weighted by Crippen LogP contribution is -2.27. The maximum atomic E-state index is 6.33. The Morgan fingerprint density at radius 3 is 1.11 bits per heavy atom. The minimum absolute atomic E-state index is 0.648. The van der Waals surface area contributed by atoms with Crippen molar-refractivity contribution in [2.75, 3.05) is 26.4 Å². The van der Waals surface area contributed by atoms with E-state index in [2.05, 4.69) is 82.3 Å². The molecule has 0 atom stereocenters. The van der Waals surface area contributed by atoms with Crippen molar-refractivity contribution >= 4 is 23.8 Å². The summed E-state index contributed by atoms with van der Waals surface area (Å²) in [5.41, 5.74) is 0. The minimum Gasteiger partial charge on any atom is -0.493 e. The van der Waals surface area contributed by atoms with E-state index in [-0.39, 0.29) is 0 Å².